The molecule has 0 saturated heterocycles. The van der Waals surface area contributed by atoms with Crippen LogP contribution in [0.5, 0.6) is 11.5 Å². The van der Waals surface area contributed by atoms with Gasteiger partial charge in [-0.05, 0) is 18.2 Å². The summed E-state index contributed by atoms with van der Waals surface area (Å²) in [5.41, 5.74) is 1.72. The van der Waals surface area contributed by atoms with Gasteiger partial charge in [0.25, 0.3) is 0 Å². The number of carbonyl (C=O) groups excluding carboxylic acids is 1. The Morgan fingerprint density at radius 1 is 1.44 bits per heavy atom. The molecule has 0 fully saturated rings. The summed E-state index contributed by atoms with van der Waals surface area (Å²) >= 11 is 11.1. The molecular formula is C11H10Cl2O3. The Labute approximate surface area is 104 Å². The first-order chi connectivity index (χ1) is 7.71. The van der Waals surface area contributed by atoms with Crippen molar-refractivity contribution in [3.63, 3.8) is 0 Å². The molecule has 1 aromatic carbocycles. The highest BCUT2D eigenvalue weighted by atomic mass is 35.5. The number of aldehydes is 1. The Bertz CT molecular complexity index is 402. The van der Waals surface area contributed by atoms with E-state index in [1.54, 1.807) is 18.2 Å². The van der Waals surface area contributed by atoms with Crippen molar-refractivity contribution >= 4 is 29.5 Å². The van der Waals surface area contributed by atoms with Crippen molar-refractivity contribution in [1.82, 2.24) is 0 Å². The molecule has 0 saturated carbocycles. The first kappa shape index (κ1) is 12.9. The van der Waals surface area contributed by atoms with E-state index in [4.69, 9.17) is 32.7 Å². The van der Waals surface area contributed by atoms with E-state index < -0.39 is 0 Å². The van der Waals surface area contributed by atoms with Crippen molar-refractivity contribution in [1.29, 1.82) is 0 Å². The van der Waals surface area contributed by atoms with Crippen molar-refractivity contribution in [2.24, 2.45) is 0 Å². The predicted octanol–water partition coefficient (Wildman–Crippen LogP) is 3.21. The van der Waals surface area contributed by atoms with Gasteiger partial charge in [0.15, 0.2) is 11.5 Å². The Hall–Kier alpha value is -1.19. The van der Waals surface area contributed by atoms with Crippen LogP contribution in [0.25, 0.3) is 0 Å². The van der Waals surface area contributed by atoms with Gasteiger partial charge in [-0.3, -0.25) is 4.79 Å². The van der Waals surface area contributed by atoms with Crippen LogP contribution in [0.1, 0.15) is 10.4 Å². The van der Waals surface area contributed by atoms with Gasteiger partial charge in [-0.1, -0.05) is 23.2 Å². The van der Waals surface area contributed by atoms with Crippen molar-refractivity contribution in [2.45, 2.75) is 0 Å². The number of benzene rings is 1. The summed E-state index contributed by atoms with van der Waals surface area (Å²) in [6.45, 7) is 0.129. The zero-order chi connectivity index (χ0) is 12.0. The second-order valence-corrected chi connectivity index (χ2v) is 3.58. The van der Waals surface area contributed by atoms with Crippen LogP contribution in [0.4, 0.5) is 0 Å². The molecule has 0 heterocycles. The average molecular weight is 261 g/mol. The first-order valence-electron chi connectivity index (χ1n) is 4.42. The minimum Gasteiger partial charge on any atom is -0.493 e. The van der Waals surface area contributed by atoms with E-state index in [-0.39, 0.29) is 6.61 Å². The number of ether oxygens (including phenoxy) is 2. The summed E-state index contributed by atoms with van der Waals surface area (Å²) in [5, 5.41) is 0.361. The molecule has 0 aliphatic heterocycles. The lowest BCUT2D eigenvalue weighted by Crippen LogP contribution is -1.99. The minimum absolute atomic E-state index is 0.129. The van der Waals surface area contributed by atoms with Crippen LogP contribution in [0.3, 0.4) is 0 Å². The van der Waals surface area contributed by atoms with Gasteiger partial charge in [-0.2, -0.15) is 0 Å². The van der Waals surface area contributed by atoms with E-state index in [2.05, 4.69) is 0 Å². The highest BCUT2D eigenvalue weighted by Crippen LogP contribution is 2.28. The number of carbonyl (C=O) groups is 1. The average Bonchev–Trinajstić information content (AvgIpc) is 2.35. The van der Waals surface area contributed by atoms with E-state index in [1.807, 2.05) is 0 Å². The zero-order valence-corrected chi connectivity index (χ0v) is 10.1. The maximum atomic E-state index is 10.6. The smallest absolute Gasteiger partial charge is 0.162 e. The van der Waals surface area contributed by atoms with Gasteiger partial charge in [0.05, 0.1) is 12.1 Å². The molecule has 1 aromatic rings. The van der Waals surface area contributed by atoms with Gasteiger partial charge in [0, 0.05) is 11.1 Å². The molecule has 0 aliphatic rings. The summed E-state index contributed by atoms with van der Waals surface area (Å²) in [5.74, 6) is 0.980. The largest absolute Gasteiger partial charge is 0.493 e. The Morgan fingerprint density at radius 2 is 2.19 bits per heavy atom. The third kappa shape index (κ3) is 3.43. The number of halogens is 2. The maximum Gasteiger partial charge on any atom is 0.162 e. The van der Waals surface area contributed by atoms with Gasteiger partial charge in [-0.15, -0.1) is 0 Å². The van der Waals surface area contributed by atoms with E-state index in [0.717, 1.165) is 6.29 Å². The minimum atomic E-state index is 0.129. The van der Waals surface area contributed by atoms with Gasteiger partial charge < -0.3 is 9.47 Å². The summed E-state index contributed by atoms with van der Waals surface area (Å²) < 4.78 is 10.4. The molecule has 0 atom stereocenters. The lowest BCUT2D eigenvalue weighted by Gasteiger charge is -2.10. The molecule has 1 rings (SSSR count). The molecule has 0 amide bonds. The molecular weight excluding hydrogens is 251 g/mol. The second kappa shape index (κ2) is 6.40. The fourth-order valence-electron chi connectivity index (χ4n) is 1.06. The summed E-state index contributed by atoms with van der Waals surface area (Å²) in [6.07, 6.45) is 0.727. The Kier molecular flexibility index (Phi) is 5.15. The van der Waals surface area contributed by atoms with E-state index in [0.29, 0.717) is 22.1 Å². The molecule has 3 nitrogen and oxygen atoms in total. The number of hydrogen-bond donors (Lipinski definition) is 0. The van der Waals surface area contributed by atoms with Crippen molar-refractivity contribution < 1.29 is 14.3 Å². The van der Waals surface area contributed by atoms with Gasteiger partial charge in [-0.25, -0.2) is 0 Å². The molecule has 0 bridgehead atoms. The lowest BCUT2D eigenvalue weighted by molar-refractivity contribution is 0.112. The van der Waals surface area contributed by atoms with Crippen LogP contribution >= 0.6 is 23.2 Å². The van der Waals surface area contributed by atoms with Crippen molar-refractivity contribution in [2.75, 3.05) is 13.7 Å². The van der Waals surface area contributed by atoms with Crippen molar-refractivity contribution in [3.05, 3.63) is 34.3 Å². The normalized spacial score (nSPS) is 11.1. The first-order valence-corrected chi connectivity index (χ1v) is 5.23. The zero-order valence-electron chi connectivity index (χ0n) is 8.57. The summed E-state index contributed by atoms with van der Waals surface area (Å²) in [6, 6.07) is 4.86. The molecule has 16 heavy (non-hydrogen) atoms. The molecule has 86 valence electrons. The Morgan fingerprint density at radius 3 is 2.75 bits per heavy atom. The number of rotatable bonds is 5. The lowest BCUT2D eigenvalue weighted by atomic mass is 10.2. The molecule has 0 radical (unpaired) electrons. The van der Waals surface area contributed by atoms with Crippen LogP contribution in [0.15, 0.2) is 28.8 Å². The standard InChI is InChI=1S/C11H10Cl2O3/c1-15-10-3-2-8(6-14)4-11(10)16-7-9(13)5-12/h2-6H,7H2,1H3. The van der Waals surface area contributed by atoms with Crippen molar-refractivity contribution in [3.8, 4) is 11.5 Å². The fraction of sp³-hybridized carbons (Fsp3) is 0.182. The number of methoxy groups -OCH3 is 1. The topological polar surface area (TPSA) is 35.5 Å². The highest BCUT2D eigenvalue weighted by Gasteiger charge is 2.06. The van der Waals surface area contributed by atoms with E-state index >= 15 is 0 Å². The third-order valence-corrected chi connectivity index (χ3v) is 2.40. The molecule has 0 aromatic heterocycles. The second-order valence-electron chi connectivity index (χ2n) is 2.87. The molecule has 5 heteroatoms. The molecule has 0 unspecified atom stereocenters. The van der Waals surface area contributed by atoms with Gasteiger partial charge >= 0.3 is 0 Å². The third-order valence-electron chi connectivity index (χ3n) is 1.81. The van der Waals surface area contributed by atoms with Crippen LogP contribution in [0.2, 0.25) is 0 Å². The van der Waals surface area contributed by atoms with Crippen LogP contribution in [0, 0.1) is 0 Å². The predicted molar refractivity (Wildman–Crippen MR) is 63.7 cm³/mol. The van der Waals surface area contributed by atoms with E-state index in [9.17, 15) is 4.79 Å². The maximum absolute atomic E-state index is 10.6. The monoisotopic (exact) mass is 260 g/mol. The SMILES string of the molecule is COc1ccc(C=O)cc1OCC(Cl)=CCl. The van der Waals surface area contributed by atoms with Crippen LogP contribution < -0.4 is 9.47 Å². The fourth-order valence-corrected chi connectivity index (χ4v) is 1.18. The Balaban J connectivity index is 2.87. The van der Waals surface area contributed by atoms with E-state index in [1.165, 1.54) is 12.6 Å². The van der Waals surface area contributed by atoms with Gasteiger partial charge in [0.1, 0.15) is 12.9 Å². The van der Waals surface area contributed by atoms with Crippen LogP contribution in [-0.4, -0.2) is 20.0 Å². The van der Waals surface area contributed by atoms with Crippen LogP contribution in [-0.2, 0) is 0 Å². The van der Waals surface area contributed by atoms with Gasteiger partial charge in [0.2, 0.25) is 0 Å². The molecule has 0 spiro atoms. The highest BCUT2D eigenvalue weighted by molar-refractivity contribution is 6.36. The molecule has 0 N–H and O–H groups in total. The quantitative estimate of drug-likeness (QED) is 0.763. The number of hydrogen-bond acceptors (Lipinski definition) is 3. The summed E-state index contributed by atoms with van der Waals surface area (Å²) in [4.78, 5) is 10.6. The molecule has 0 aliphatic carbocycles. The summed E-state index contributed by atoms with van der Waals surface area (Å²) in [7, 11) is 1.52.